The van der Waals surface area contributed by atoms with Gasteiger partial charge in [-0.05, 0) is 49.4 Å². The largest absolute Gasteiger partial charge is 0.399 e. The predicted molar refractivity (Wildman–Crippen MR) is 79.6 cm³/mol. The third-order valence-corrected chi connectivity index (χ3v) is 5.33. The first-order chi connectivity index (χ1) is 8.66. The first-order valence-corrected chi connectivity index (χ1v) is 7.93. The molecule has 1 aromatic carbocycles. The zero-order valence-electron chi connectivity index (χ0n) is 12.4. The highest BCUT2D eigenvalue weighted by molar-refractivity contribution is 7.89. The van der Waals surface area contributed by atoms with Crippen LogP contribution in [0.5, 0.6) is 0 Å². The molecule has 0 spiro atoms. The summed E-state index contributed by atoms with van der Waals surface area (Å²) in [4.78, 5) is 0.316. The normalized spacial score (nSPS) is 12.4. The molecule has 0 aliphatic carbocycles. The lowest BCUT2D eigenvalue weighted by Crippen LogP contribution is -2.29. The second kappa shape index (κ2) is 5.92. The molecular formula is C14H24N2O2S. The summed E-state index contributed by atoms with van der Waals surface area (Å²) in [7, 11) is -1.84. The van der Waals surface area contributed by atoms with E-state index in [1.807, 2.05) is 13.8 Å². The smallest absolute Gasteiger partial charge is 0.243 e. The fourth-order valence-electron chi connectivity index (χ4n) is 1.85. The number of hydrogen-bond acceptors (Lipinski definition) is 3. The van der Waals surface area contributed by atoms with Crippen molar-refractivity contribution >= 4 is 15.7 Å². The maximum Gasteiger partial charge on any atom is 0.243 e. The van der Waals surface area contributed by atoms with Crippen LogP contribution in [0.3, 0.4) is 0 Å². The van der Waals surface area contributed by atoms with Crippen molar-refractivity contribution < 1.29 is 8.42 Å². The molecule has 0 amide bonds. The predicted octanol–water partition coefficient (Wildman–Crippen LogP) is 2.55. The highest BCUT2D eigenvalue weighted by atomic mass is 32.2. The number of nitrogens with two attached hydrogens (primary N) is 1. The molecular weight excluding hydrogens is 260 g/mol. The van der Waals surface area contributed by atoms with Gasteiger partial charge in [-0.1, -0.05) is 13.8 Å². The van der Waals surface area contributed by atoms with E-state index in [0.29, 0.717) is 23.0 Å². The minimum atomic E-state index is -3.46. The second-order valence-corrected chi connectivity index (χ2v) is 7.48. The van der Waals surface area contributed by atoms with E-state index in [2.05, 4.69) is 13.8 Å². The summed E-state index contributed by atoms with van der Waals surface area (Å²) in [6, 6.07) is 3.34. The number of anilines is 1. The average molecular weight is 284 g/mol. The van der Waals surface area contributed by atoms with E-state index >= 15 is 0 Å². The van der Waals surface area contributed by atoms with Gasteiger partial charge in [0.2, 0.25) is 10.0 Å². The van der Waals surface area contributed by atoms with Crippen LogP contribution < -0.4 is 5.73 Å². The summed E-state index contributed by atoms with van der Waals surface area (Å²) in [6.45, 7) is 8.37. The Balaban J connectivity index is 3.13. The van der Waals surface area contributed by atoms with Gasteiger partial charge in [-0.25, -0.2) is 12.7 Å². The van der Waals surface area contributed by atoms with Crippen molar-refractivity contribution in [1.82, 2.24) is 4.31 Å². The van der Waals surface area contributed by atoms with Crippen LogP contribution in [0.1, 0.15) is 31.4 Å². The lowest BCUT2D eigenvalue weighted by molar-refractivity contribution is 0.428. The van der Waals surface area contributed by atoms with Crippen LogP contribution in [0.15, 0.2) is 17.0 Å². The summed E-state index contributed by atoms with van der Waals surface area (Å²) in [5, 5.41) is 0. The number of aryl methyl sites for hydroxylation is 1. The van der Waals surface area contributed by atoms with Crippen LogP contribution in [0.25, 0.3) is 0 Å². The van der Waals surface area contributed by atoms with Gasteiger partial charge < -0.3 is 5.73 Å². The van der Waals surface area contributed by atoms with Gasteiger partial charge in [0.15, 0.2) is 0 Å². The SMILES string of the molecule is Cc1cc(N)cc(S(=O)(=O)N(C)CCC(C)C)c1C. The van der Waals surface area contributed by atoms with Crippen molar-refractivity contribution in [3.8, 4) is 0 Å². The van der Waals surface area contributed by atoms with Gasteiger partial charge in [-0.2, -0.15) is 0 Å². The van der Waals surface area contributed by atoms with E-state index in [1.165, 1.54) is 4.31 Å². The minimum absolute atomic E-state index is 0.316. The van der Waals surface area contributed by atoms with Gasteiger partial charge in [0, 0.05) is 19.3 Å². The van der Waals surface area contributed by atoms with Crippen molar-refractivity contribution in [3.05, 3.63) is 23.3 Å². The molecule has 1 aromatic rings. The Morgan fingerprint density at radius 3 is 2.37 bits per heavy atom. The van der Waals surface area contributed by atoms with Crippen LogP contribution in [0, 0.1) is 19.8 Å². The average Bonchev–Trinajstić information content (AvgIpc) is 2.30. The van der Waals surface area contributed by atoms with Crippen molar-refractivity contribution in [2.75, 3.05) is 19.3 Å². The summed E-state index contributed by atoms with van der Waals surface area (Å²) < 4.78 is 26.5. The van der Waals surface area contributed by atoms with Gasteiger partial charge in [0.25, 0.3) is 0 Å². The molecule has 0 radical (unpaired) electrons. The van der Waals surface area contributed by atoms with Crippen molar-refractivity contribution in [1.29, 1.82) is 0 Å². The molecule has 0 fully saturated rings. The van der Waals surface area contributed by atoms with Crippen LogP contribution in [-0.4, -0.2) is 26.3 Å². The molecule has 0 unspecified atom stereocenters. The van der Waals surface area contributed by atoms with Gasteiger partial charge in [0.05, 0.1) is 4.90 Å². The highest BCUT2D eigenvalue weighted by Gasteiger charge is 2.23. The second-order valence-electron chi connectivity index (χ2n) is 5.47. The topological polar surface area (TPSA) is 63.4 Å². The molecule has 0 saturated carbocycles. The number of sulfonamides is 1. The summed E-state index contributed by atoms with van der Waals surface area (Å²) in [5.41, 5.74) is 7.92. The molecule has 2 N–H and O–H groups in total. The molecule has 0 aromatic heterocycles. The minimum Gasteiger partial charge on any atom is -0.399 e. The van der Waals surface area contributed by atoms with Gasteiger partial charge >= 0.3 is 0 Å². The maximum absolute atomic E-state index is 12.5. The molecule has 0 bridgehead atoms. The Hall–Kier alpha value is -1.07. The van der Waals surface area contributed by atoms with Crippen LogP contribution >= 0.6 is 0 Å². The Labute approximate surface area is 116 Å². The van der Waals surface area contributed by atoms with Gasteiger partial charge in [-0.3, -0.25) is 0 Å². The zero-order valence-corrected chi connectivity index (χ0v) is 13.2. The Morgan fingerprint density at radius 2 is 1.84 bits per heavy atom. The number of rotatable bonds is 5. The van der Waals surface area contributed by atoms with E-state index in [0.717, 1.165) is 17.5 Å². The molecule has 0 heterocycles. The first kappa shape index (κ1) is 16.0. The maximum atomic E-state index is 12.5. The standard InChI is InChI=1S/C14H24N2O2S/c1-10(2)6-7-16(5)19(17,18)14-9-13(15)8-11(3)12(14)4/h8-10H,6-7,15H2,1-5H3. The van der Waals surface area contributed by atoms with E-state index < -0.39 is 10.0 Å². The molecule has 0 aliphatic rings. The molecule has 19 heavy (non-hydrogen) atoms. The summed E-state index contributed by atoms with van der Waals surface area (Å²) in [5.74, 6) is 0.473. The zero-order chi connectivity index (χ0) is 14.8. The third kappa shape index (κ3) is 3.70. The molecule has 1 rings (SSSR count). The number of hydrogen-bond donors (Lipinski definition) is 1. The number of nitrogens with zero attached hydrogens (tertiary/aromatic N) is 1. The summed E-state index contributed by atoms with van der Waals surface area (Å²) in [6.07, 6.45) is 0.843. The van der Waals surface area contributed by atoms with Crippen LogP contribution in [0.2, 0.25) is 0 Å². The molecule has 0 aliphatic heterocycles. The molecule has 108 valence electrons. The monoisotopic (exact) mass is 284 g/mol. The van der Waals surface area contributed by atoms with Crippen molar-refractivity contribution in [3.63, 3.8) is 0 Å². The van der Waals surface area contributed by atoms with E-state index in [9.17, 15) is 8.42 Å². The van der Waals surface area contributed by atoms with Crippen molar-refractivity contribution in [2.45, 2.75) is 39.0 Å². The van der Waals surface area contributed by atoms with Crippen LogP contribution in [-0.2, 0) is 10.0 Å². The summed E-state index contributed by atoms with van der Waals surface area (Å²) >= 11 is 0. The molecule has 0 atom stereocenters. The number of benzene rings is 1. The Morgan fingerprint density at radius 1 is 1.26 bits per heavy atom. The van der Waals surface area contributed by atoms with E-state index in [-0.39, 0.29) is 0 Å². The van der Waals surface area contributed by atoms with Crippen LogP contribution in [0.4, 0.5) is 5.69 Å². The first-order valence-electron chi connectivity index (χ1n) is 6.49. The quantitative estimate of drug-likeness (QED) is 0.845. The number of nitrogen functional groups attached to an aromatic ring is 1. The lowest BCUT2D eigenvalue weighted by Gasteiger charge is -2.20. The highest BCUT2D eigenvalue weighted by Crippen LogP contribution is 2.25. The third-order valence-electron chi connectivity index (χ3n) is 3.35. The van der Waals surface area contributed by atoms with Gasteiger partial charge in [0.1, 0.15) is 0 Å². The Bertz CT molecular complexity index is 551. The molecule has 4 nitrogen and oxygen atoms in total. The van der Waals surface area contributed by atoms with Crippen molar-refractivity contribution in [2.24, 2.45) is 5.92 Å². The molecule has 5 heteroatoms. The Kier molecular flexibility index (Phi) is 4.98. The fraction of sp³-hybridized carbons (Fsp3) is 0.571. The van der Waals surface area contributed by atoms with Gasteiger partial charge in [-0.15, -0.1) is 0 Å². The lowest BCUT2D eigenvalue weighted by atomic mass is 10.1. The fourth-order valence-corrected chi connectivity index (χ4v) is 3.36. The van der Waals surface area contributed by atoms with E-state index in [4.69, 9.17) is 5.73 Å². The molecule has 0 saturated heterocycles. The van der Waals surface area contributed by atoms with E-state index in [1.54, 1.807) is 19.2 Å².